The first-order valence-electron chi connectivity index (χ1n) is 5.40. The highest BCUT2D eigenvalue weighted by Crippen LogP contribution is 2.36. The second-order valence-corrected chi connectivity index (χ2v) is 5.91. The van der Waals surface area contributed by atoms with Crippen molar-refractivity contribution < 1.29 is 31.3 Å². The fourth-order valence-electron chi connectivity index (χ4n) is 0.900. The monoisotopic (exact) mass is 304 g/mol. The Morgan fingerprint density at radius 3 is 2.21 bits per heavy atom. The zero-order valence-corrected chi connectivity index (χ0v) is 11.5. The Kier molecular flexibility index (Phi) is 6.68. The van der Waals surface area contributed by atoms with Crippen LogP contribution < -0.4 is 0 Å². The van der Waals surface area contributed by atoms with Crippen LogP contribution in [0.3, 0.4) is 0 Å². The van der Waals surface area contributed by atoms with Crippen molar-refractivity contribution in [1.82, 2.24) is 0 Å². The van der Waals surface area contributed by atoms with E-state index in [1.54, 1.807) is 0 Å². The van der Waals surface area contributed by atoms with Crippen molar-refractivity contribution in [3.05, 3.63) is 12.2 Å². The fourth-order valence-corrected chi connectivity index (χ4v) is 1.98. The molecule has 0 radical (unpaired) electrons. The maximum atomic E-state index is 13.2. The molecule has 0 spiro atoms. The summed E-state index contributed by atoms with van der Waals surface area (Å²) in [6.45, 7) is 4.96. The summed E-state index contributed by atoms with van der Waals surface area (Å²) in [6, 6.07) is 0. The van der Waals surface area contributed by atoms with Crippen LogP contribution in [0.4, 0.5) is 17.6 Å². The van der Waals surface area contributed by atoms with E-state index in [0.717, 1.165) is 0 Å². The van der Waals surface area contributed by atoms with Crippen LogP contribution >= 0.6 is 0 Å². The summed E-state index contributed by atoms with van der Waals surface area (Å²) in [4.78, 5) is 10.9. The topological polar surface area (TPSA) is 43.4 Å². The van der Waals surface area contributed by atoms with Gasteiger partial charge in [0, 0.05) is 28.5 Å². The molecule has 0 aliphatic heterocycles. The Hall–Kier alpha value is -0.920. The highest BCUT2D eigenvalue weighted by molar-refractivity contribution is 7.84. The molecule has 2 unspecified atom stereocenters. The van der Waals surface area contributed by atoms with Crippen LogP contribution in [0.2, 0.25) is 0 Å². The largest absolute Gasteiger partial charge is 0.461 e. The maximum Gasteiger partial charge on any atom is 0.422 e. The molecular weight excluding hydrogens is 288 g/mol. The quantitative estimate of drug-likeness (QED) is 0.412. The average molecular weight is 304 g/mol. The van der Waals surface area contributed by atoms with Crippen molar-refractivity contribution in [3.63, 3.8) is 0 Å². The highest BCUT2D eigenvalue weighted by Gasteiger charge is 2.51. The third-order valence-electron chi connectivity index (χ3n) is 2.28. The predicted molar refractivity (Wildman–Crippen MR) is 63.8 cm³/mol. The van der Waals surface area contributed by atoms with E-state index in [1.165, 1.54) is 6.92 Å². The molecule has 3 nitrogen and oxygen atoms in total. The first kappa shape index (κ1) is 18.1. The maximum absolute atomic E-state index is 13.2. The summed E-state index contributed by atoms with van der Waals surface area (Å²) in [5.74, 6) is -1.24. The van der Waals surface area contributed by atoms with E-state index in [1.807, 2.05) is 0 Å². The molecule has 0 aliphatic rings. The standard InChI is InChI=1S/C11H16F4O3S/c1-8(2)9(16)18-5-7-19(17)6-4-10(3,12)11(13,14)15/h1,4-7H2,2-3H3. The van der Waals surface area contributed by atoms with E-state index >= 15 is 0 Å². The van der Waals surface area contributed by atoms with Crippen LogP contribution in [0.25, 0.3) is 0 Å². The lowest BCUT2D eigenvalue weighted by molar-refractivity contribution is -0.224. The number of hydrogen-bond donors (Lipinski definition) is 0. The highest BCUT2D eigenvalue weighted by atomic mass is 32.2. The van der Waals surface area contributed by atoms with Crippen LogP contribution in [-0.4, -0.2) is 40.1 Å². The molecule has 0 fully saturated rings. The number of hydrogen-bond acceptors (Lipinski definition) is 3. The van der Waals surface area contributed by atoms with Crippen LogP contribution in [0.15, 0.2) is 12.2 Å². The molecule has 0 aromatic carbocycles. The van der Waals surface area contributed by atoms with Crippen molar-refractivity contribution in [2.45, 2.75) is 32.1 Å². The molecule has 0 bridgehead atoms. The molecule has 0 saturated heterocycles. The number of carbonyl (C=O) groups is 1. The summed E-state index contributed by atoms with van der Waals surface area (Å²) in [7, 11) is -1.68. The van der Waals surface area contributed by atoms with Crippen molar-refractivity contribution in [2.24, 2.45) is 0 Å². The Labute approximate surface area is 111 Å². The van der Waals surface area contributed by atoms with Gasteiger partial charge in [-0.3, -0.25) is 4.21 Å². The summed E-state index contributed by atoms with van der Waals surface area (Å²) in [5, 5.41) is 0. The van der Waals surface area contributed by atoms with Crippen LogP contribution in [0.5, 0.6) is 0 Å². The lowest BCUT2D eigenvalue weighted by atomic mass is 10.1. The smallest absolute Gasteiger partial charge is 0.422 e. The molecule has 0 aliphatic carbocycles. The Morgan fingerprint density at radius 2 is 1.79 bits per heavy atom. The number of carbonyl (C=O) groups excluding carboxylic acids is 1. The van der Waals surface area contributed by atoms with Gasteiger partial charge >= 0.3 is 12.1 Å². The number of ether oxygens (including phenoxy) is 1. The van der Waals surface area contributed by atoms with Gasteiger partial charge < -0.3 is 4.74 Å². The van der Waals surface area contributed by atoms with Crippen LogP contribution in [-0.2, 0) is 20.3 Å². The van der Waals surface area contributed by atoms with Crippen molar-refractivity contribution >= 4 is 16.8 Å². The van der Waals surface area contributed by atoms with Gasteiger partial charge in [0.1, 0.15) is 6.61 Å². The molecule has 112 valence electrons. The van der Waals surface area contributed by atoms with E-state index in [4.69, 9.17) is 0 Å². The van der Waals surface area contributed by atoms with Crippen molar-refractivity contribution in [2.75, 3.05) is 18.1 Å². The number of rotatable bonds is 7. The minimum atomic E-state index is -4.98. The first-order valence-corrected chi connectivity index (χ1v) is 6.89. The third kappa shape index (κ3) is 6.70. The van der Waals surface area contributed by atoms with E-state index in [0.29, 0.717) is 6.92 Å². The predicted octanol–water partition coefficient (Wildman–Crippen LogP) is 2.54. The van der Waals surface area contributed by atoms with Gasteiger partial charge in [-0.05, 0) is 13.8 Å². The third-order valence-corrected chi connectivity index (χ3v) is 3.56. The van der Waals surface area contributed by atoms with Gasteiger partial charge in [0.15, 0.2) is 0 Å². The molecule has 0 aromatic heterocycles. The Morgan fingerprint density at radius 1 is 1.26 bits per heavy atom. The molecule has 19 heavy (non-hydrogen) atoms. The Bertz CT molecular complexity index is 363. The second-order valence-electron chi connectivity index (χ2n) is 4.21. The molecule has 0 rings (SSSR count). The van der Waals surface area contributed by atoms with Gasteiger partial charge in [0.25, 0.3) is 0 Å². The average Bonchev–Trinajstić information content (AvgIpc) is 2.24. The van der Waals surface area contributed by atoms with Gasteiger partial charge in [-0.1, -0.05) is 6.58 Å². The van der Waals surface area contributed by atoms with E-state index in [-0.39, 0.29) is 17.9 Å². The molecule has 8 heteroatoms. The summed E-state index contributed by atoms with van der Waals surface area (Å²) < 4.78 is 65.6. The van der Waals surface area contributed by atoms with Gasteiger partial charge in [0.05, 0.1) is 5.75 Å². The summed E-state index contributed by atoms with van der Waals surface area (Å²) >= 11 is 0. The molecule has 0 heterocycles. The first-order chi connectivity index (χ1) is 8.47. The minimum Gasteiger partial charge on any atom is -0.461 e. The number of halogens is 4. The summed E-state index contributed by atoms with van der Waals surface area (Å²) in [6.07, 6.45) is -5.87. The van der Waals surface area contributed by atoms with E-state index < -0.39 is 40.8 Å². The minimum absolute atomic E-state index is 0.132. The molecule has 0 aromatic rings. The zero-order chi connectivity index (χ0) is 15.3. The summed E-state index contributed by atoms with van der Waals surface area (Å²) in [5.41, 5.74) is -3.20. The van der Waals surface area contributed by atoms with Crippen LogP contribution in [0.1, 0.15) is 20.3 Å². The normalized spacial score (nSPS) is 16.5. The molecule has 0 amide bonds. The zero-order valence-electron chi connectivity index (χ0n) is 10.7. The molecular formula is C11H16F4O3S. The number of esters is 1. The van der Waals surface area contributed by atoms with Crippen LogP contribution in [0, 0.1) is 0 Å². The van der Waals surface area contributed by atoms with Crippen molar-refractivity contribution in [1.29, 1.82) is 0 Å². The molecule has 2 atom stereocenters. The van der Waals surface area contributed by atoms with Gasteiger partial charge in [-0.2, -0.15) is 13.2 Å². The molecule has 0 N–H and O–H groups in total. The fraction of sp³-hybridized carbons (Fsp3) is 0.727. The van der Waals surface area contributed by atoms with Crippen molar-refractivity contribution in [3.8, 4) is 0 Å². The van der Waals surface area contributed by atoms with Gasteiger partial charge in [0.2, 0.25) is 5.67 Å². The van der Waals surface area contributed by atoms with E-state index in [2.05, 4.69) is 11.3 Å². The second kappa shape index (κ2) is 7.02. The lowest BCUT2D eigenvalue weighted by Crippen LogP contribution is -2.39. The number of alkyl halides is 4. The Balaban J connectivity index is 4.02. The molecule has 0 saturated carbocycles. The lowest BCUT2D eigenvalue weighted by Gasteiger charge is -2.23. The van der Waals surface area contributed by atoms with E-state index in [9.17, 15) is 26.6 Å². The van der Waals surface area contributed by atoms with Gasteiger partial charge in [-0.15, -0.1) is 0 Å². The SMILES string of the molecule is C=C(C)C(=O)OCCS(=O)CCC(C)(F)C(F)(F)F. The van der Waals surface area contributed by atoms with Gasteiger partial charge in [-0.25, -0.2) is 9.18 Å².